The average Bonchev–Trinajstić information content (AvgIpc) is 3.22. The fourth-order valence-electron chi connectivity index (χ4n) is 2.27. The van der Waals surface area contributed by atoms with Crippen molar-refractivity contribution in [2.24, 2.45) is 0 Å². The molecule has 4 nitrogen and oxygen atoms in total. The van der Waals surface area contributed by atoms with E-state index >= 15 is 0 Å². The minimum absolute atomic E-state index is 0.185. The maximum Gasteiger partial charge on any atom is 0.504 e. The van der Waals surface area contributed by atoms with Crippen LogP contribution in [0.3, 0.4) is 0 Å². The molecule has 4 rings (SSSR count). The topological polar surface area (TPSA) is 36.9 Å². The van der Waals surface area contributed by atoms with Gasteiger partial charge >= 0.3 is 14.2 Å². The Morgan fingerprint density at radius 3 is 1.45 bits per heavy atom. The minimum Gasteiger partial charge on any atom is -0.404 e. The van der Waals surface area contributed by atoms with Crippen LogP contribution in [0.4, 0.5) is 0 Å². The molecule has 8 heteroatoms. The molecule has 0 bridgehead atoms. The fraction of sp³-hybridized carbons (Fsp3) is 0.333. The SMILES string of the molecule is c1cc(-c2ccc(B3OCCO3)s2)sc1B1OCCO1. The summed E-state index contributed by atoms with van der Waals surface area (Å²) in [4.78, 5) is 2.46. The van der Waals surface area contributed by atoms with Crippen molar-refractivity contribution >= 4 is 46.5 Å². The van der Waals surface area contributed by atoms with Gasteiger partial charge in [0.05, 0.1) is 26.4 Å². The highest BCUT2D eigenvalue weighted by Crippen LogP contribution is 2.28. The third-order valence-electron chi connectivity index (χ3n) is 3.20. The first-order valence-electron chi connectivity index (χ1n) is 6.56. The van der Waals surface area contributed by atoms with Crippen molar-refractivity contribution in [3.63, 3.8) is 0 Å². The molecule has 4 heterocycles. The van der Waals surface area contributed by atoms with Gasteiger partial charge in [0.2, 0.25) is 0 Å². The van der Waals surface area contributed by atoms with Gasteiger partial charge in [-0.3, -0.25) is 0 Å². The average molecular weight is 306 g/mol. The van der Waals surface area contributed by atoms with Crippen molar-refractivity contribution in [2.75, 3.05) is 26.4 Å². The van der Waals surface area contributed by atoms with E-state index in [1.54, 1.807) is 22.7 Å². The van der Waals surface area contributed by atoms with E-state index in [9.17, 15) is 0 Å². The van der Waals surface area contributed by atoms with Crippen molar-refractivity contribution < 1.29 is 18.6 Å². The molecule has 2 aromatic rings. The van der Waals surface area contributed by atoms with E-state index < -0.39 is 0 Å². The molecule has 0 aromatic carbocycles. The molecule has 2 aliphatic heterocycles. The fourth-order valence-corrected chi connectivity index (χ4v) is 4.37. The van der Waals surface area contributed by atoms with E-state index in [1.165, 1.54) is 9.75 Å². The highest BCUT2D eigenvalue weighted by atomic mass is 32.1. The van der Waals surface area contributed by atoms with E-state index in [1.807, 2.05) is 0 Å². The lowest BCUT2D eigenvalue weighted by Crippen LogP contribution is -2.28. The first-order valence-corrected chi connectivity index (χ1v) is 8.20. The third-order valence-corrected chi connectivity index (χ3v) is 5.61. The van der Waals surface area contributed by atoms with Crippen molar-refractivity contribution in [2.45, 2.75) is 0 Å². The highest BCUT2D eigenvalue weighted by Gasteiger charge is 2.30. The van der Waals surface area contributed by atoms with Gasteiger partial charge < -0.3 is 18.6 Å². The summed E-state index contributed by atoms with van der Waals surface area (Å²) in [5.41, 5.74) is 0. The molecule has 0 atom stereocenters. The first-order chi connectivity index (χ1) is 9.90. The summed E-state index contributed by atoms with van der Waals surface area (Å²) in [6, 6.07) is 8.41. The van der Waals surface area contributed by atoms with Gasteiger partial charge in [-0.2, -0.15) is 0 Å². The van der Waals surface area contributed by atoms with Crippen molar-refractivity contribution in [1.29, 1.82) is 0 Å². The van der Waals surface area contributed by atoms with Gasteiger partial charge in [-0.05, 0) is 12.1 Å². The molecule has 20 heavy (non-hydrogen) atoms. The molecule has 0 unspecified atom stereocenters. The van der Waals surface area contributed by atoms with E-state index in [2.05, 4.69) is 24.3 Å². The van der Waals surface area contributed by atoms with Crippen LogP contribution < -0.4 is 9.55 Å². The van der Waals surface area contributed by atoms with E-state index in [0.717, 1.165) is 9.55 Å². The standard InChI is InChI=1S/C12H12B2O4S2/c1-3-11(13-15-5-6-16-13)19-9(1)10-2-4-12(20-10)14-17-7-8-18-14/h1-4H,5-8H2. The number of thiophene rings is 2. The van der Waals surface area contributed by atoms with Gasteiger partial charge in [0.1, 0.15) is 0 Å². The number of hydrogen-bond acceptors (Lipinski definition) is 6. The van der Waals surface area contributed by atoms with Crippen LogP contribution in [0.1, 0.15) is 0 Å². The third kappa shape index (κ3) is 2.47. The zero-order chi connectivity index (χ0) is 13.4. The second-order valence-corrected chi connectivity index (χ2v) is 6.78. The Morgan fingerprint density at radius 1 is 0.650 bits per heavy atom. The molecule has 0 N–H and O–H groups in total. The summed E-state index contributed by atoms with van der Waals surface area (Å²) in [5.74, 6) is 0. The smallest absolute Gasteiger partial charge is 0.404 e. The Balaban J connectivity index is 1.54. The van der Waals surface area contributed by atoms with Gasteiger partial charge in [-0.15, -0.1) is 22.7 Å². The summed E-state index contributed by atoms with van der Waals surface area (Å²) >= 11 is 3.44. The molecule has 2 fully saturated rings. The van der Waals surface area contributed by atoms with Crippen molar-refractivity contribution in [3.05, 3.63) is 24.3 Å². The van der Waals surface area contributed by atoms with Crippen LogP contribution >= 0.6 is 22.7 Å². The number of hydrogen-bond donors (Lipinski definition) is 0. The normalized spacial score (nSPS) is 19.2. The summed E-state index contributed by atoms with van der Waals surface area (Å²) in [6.07, 6.45) is 0. The Labute approximate surface area is 125 Å². The molecule has 0 amide bonds. The highest BCUT2D eigenvalue weighted by molar-refractivity contribution is 7.30. The van der Waals surface area contributed by atoms with Gasteiger partial charge in [-0.1, -0.05) is 12.1 Å². The molecule has 0 aliphatic carbocycles. The van der Waals surface area contributed by atoms with Crippen molar-refractivity contribution in [1.82, 2.24) is 0 Å². The lowest BCUT2D eigenvalue weighted by atomic mass is 9.88. The van der Waals surface area contributed by atoms with Crippen LogP contribution in [0.5, 0.6) is 0 Å². The molecular formula is C12H12B2O4S2. The maximum absolute atomic E-state index is 5.53. The van der Waals surface area contributed by atoms with E-state index in [4.69, 9.17) is 18.6 Å². The Bertz CT molecular complexity index is 536. The molecule has 0 radical (unpaired) electrons. The molecule has 0 saturated carbocycles. The lowest BCUT2D eigenvalue weighted by Gasteiger charge is -1.99. The lowest BCUT2D eigenvalue weighted by molar-refractivity contribution is 0.365. The molecule has 2 aliphatic rings. The summed E-state index contributed by atoms with van der Waals surface area (Å²) in [7, 11) is -0.371. The Kier molecular flexibility index (Phi) is 3.68. The molecular weight excluding hydrogens is 294 g/mol. The predicted octanol–water partition coefficient (Wildman–Crippen LogP) is 0.961. The van der Waals surface area contributed by atoms with Crippen LogP contribution in [0.25, 0.3) is 9.75 Å². The van der Waals surface area contributed by atoms with Gasteiger partial charge in [-0.25, -0.2) is 0 Å². The molecule has 2 aromatic heterocycles. The van der Waals surface area contributed by atoms with Crippen LogP contribution in [-0.4, -0.2) is 40.7 Å². The van der Waals surface area contributed by atoms with Crippen molar-refractivity contribution in [3.8, 4) is 9.75 Å². The van der Waals surface area contributed by atoms with Crippen LogP contribution in [0, 0.1) is 0 Å². The largest absolute Gasteiger partial charge is 0.504 e. The van der Waals surface area contributed by atoms with E-state index in [0.29, 0.717) is 26.4 Å². The summed E-state index contributed by atoms with van der Waals surface area (Å²) < 4.78 is 24.4. The van der Waals surface area contributed by atoms with Gasteiger partial charge in [0, 0.05) is 19.3 Å². The monoisotopic (exact) mass is 306 g/mol. The second kappa shape index (κ2) is 5.63. The molecule has 102 valence electrons. The zero-order valence-electron chi connectivity index (χ0n) is 10.7. The quantitative estimate of drug-likeness (QED) is 0.792. The van der Waals surface area contributed by atoms with Crippen LogP contribution in [0.15, 0.2) is 24.3 Å². The second-order valence-electron chi connectivity index (χ2n) is 4.55. The number of rotatable bonds is 3. The Morgan fingerprint density at radius 2 is 1.05 bits per heavy atom. The maximum atomic E-state index is 5.53. The van der Waals surface area contributed by atoms with Gasteiger partial charge in [0.25, 0.3) is 0 Å². The van der Waals surface area contributed by atoms with E-state index in [-0.39, 0.29) is 14.2 Å². The van der Waals surface area contributed by atoms with Crippen LogP contribution in [0.2, 0.25) is 0 Å². The predicted molar refractivity (Wildman–Crippen MR) is 82.2 cm³/mol. The van der Waals surface area contributed by atoms with Crippen LogP contribution in [-0.2, 0) is 18.6 Å². The Hall–Kier alpha value is -0.630. The zero-order valence-corrected chi connectivity index (χ0v) is 12.4. The first kappa shape index (κ1) is 13.1. The molecule has 2 saturated heterocycles. The molecule has 0 spiro atoms. The minimum atomic E-state index is -0.185. The van der Waals surface area contributed by atoms with Gasteiger partial charge in [0.15, 0.2) is 0 Å². The summed E-state index contributed by atoms with van der Waals surface area (Å²) in [6.45, 7) is 2.71. The summed E-state index contributed by atoms with van der Waals surface area (Å²) in [5, 5.41) is 0.